The number of hydrogen-bond acceptors (Lipinski definition) is 6. The monoisotopic (exact) mass is 382 g/mol. The summed E-state index contributed by atoms with van der Waals surface area (Å²) in [7, 11) is 0. The molecule has 8 nitrogen and oxygen atoms in total. The molecule has 0 aromatic heterocycles. The largest absolute Gasteiger partial charge is 0.454 e. The van der Waals surface area contributed by atoms with Crippen LogP contribution in [-0.2, 0) is 14.3 Å². The van der Waals surface area contributed by atoms with Crippen LogP contribution in [0.1, 0.15) is 23.7 Å². The molecule has 2 atom stereocenters. The Morgan fingerprint density at radius 1 is 1.14 bits per heavy atom. The fraction of sp³-hybridized carbons (Fsp3) is 0.250. The number of ketones is 1. The Bertz CT molecular complexity index is 910. The molecule has 1 aliphatic heterocycles. The molecule has 0 spiro atoms. The van der Waals surface area contributed by atoms with Crippen LogP contribution < -0.4 is 4.90 Å². The molecule has 1 aliphatic rings. The van der Waals surface area contributed by atoms with Crippen molar-refractivity contribution >= 4 is 29.0 Å². The van der Waals surface area contributed by atoms with Gasteiger partial charge >= 0.3 is 5.97 Å². The number of nitro groups is 1. The molecule has 1 saturated heterocycles. The van der Waals surface area contributed by atoms with Gasteiger partial charge < -0.3 is 9.64 Å². The maximum atomic E-state index is 12.4. The van der Waals surface area contributed by atoms with Gasteiger partial charge in [0.05, 0.1) is 10.8 Å². The molecule has 2 aromatic carbocycles. The Morgan fingerprint density at radius 2 is 1.79 bits per heavy atom. The van der Waals surface area contributed by atoms with E-state index in [0.717, 1.165) is 0 Å². The summed E-state index contributed by atoms with van der Waals surface area (Å²) in [6, 6.07) is 14.0. The number of benzene rings is 2. The molecule has 0 unspecified atom stereocenters. The van der Waals surface area contributed by atoms with Gasteiger partial charge in [-0.25, -0.2) is 0 Å². The average molecular weight is 382 g/mol. The number of rotatable bonds is 6. The lowest BCUT2D eigenvalue weighted by atomic mass is 10.1. The van der Waals surface area contributed by atoms with E-state index in [2.05, 4.69) is 0 Å². The highest BCUT2D eigenvalue weighted by molar-refractivity contribution is 6.02. The number of nitrogens with zero attached hydrogens (tertiary/aromatic N) is 2. The van der Waals surface area contributed by atoms with Gasteiger partial charge in [-0.05, 0) is 19.1 Å². The number of ether oxygens (including phenoxy) is 1. The van der Waals surface area contributed by atoms with E-state index >= 15 is 0 Å². The first-order chi connectivity index (χ1) is 13.4. The quantitative estimate of drug-likeness (QED) is 0.329. The van der Waals surface area contributed by atoms with Gasteiger partial charge in [-0.15, -0.1) is 0 Å². The number of Topliss-reactive ketones (excluding diaryl/α,β-unsaturated/α-hetero) is 1. The van der Waals surface area contributed by atoms with Crippen LogP contribution in [-0.4, -0.2) is 35.2 Å². The number of non-ortho nitro benzene ring substituents is 1. The van der Waals surface area contributed by atoms with Gasteiger partial charge in [0.25, 0.3) is 5.69 Å². The zero-order chi connectivity index (χ0) is 20.3. The minimum Gasteiger partial charge on any atom is -0.454 e. The Hall–Kier alpha value is -3.55. The number of esters is 1. The third-order valence-corrected chi connectivity index (χ3v) is 4.55. The van der Waals surface area contributed by atoms with Gasteiger partial charge in [-0.1, -0.05) is 30.3 Å². The molecule has 1 heterocycles. The van der Waals surface area contributed by atoms with Crippen molar-refractivity contribution in [2.75, 3.05) is 11.4 Å². The van der Waals surface area contributed by atoms with Crippen LogP contribution in [0.2, 0.25) is 0 Å². The lowest BCUT2D eigenvalue weighted by molar-refractivity contribution is -0.384. The molecule has 28 heavy (non-hydrogen) atoms. The molecule has 144 valence electrons. The Labute approximate surface area is 160 Å². The molecule has 1 fully saturated rings. The van der Waals surface area contributed by atoms with Crippen molar-refractivity contribution in [2.24, 2.45) is 5.92 Å². The number of nitro benzene ring substituents is 1. The van der Waals surface area contributed by atoms with Crippen LogP contribution in [0.15, 0.2) is 54.6 Å². The molecule has 3 rings (SSSR count). The lowest BCUT2D eigenvalue weighted by Gasteiger charge is -2.17. The third-order valence-electron chi connectivity index (χ3n) is 4.55. The summed E-state index contributed by atoms with van der Waals surface area (Å²) < 4.78 is 5.28. The summed E-state index contributed by atoms with van der Waals surface area (Å²) in [6.45, 7) is 1.60. The van der Waals surface area contributed by atoms with Crippen LogP contribution >= 0.6 is 0 Å². The van der Waals surface area contributed by atoms with Crippen molar-refractivity contribution in [2.45, 2.75) is 19.4 Å². The fourth-order valence-electron chi connectivity index (χ4n) is 3.03. The highest BCUT2D eigenvalue weighted by Crippen LogP contribution is 2.27. The van der Waals surface area contributed by atoms with Crippen molar-refractivity contribution in [3.63, 3.8) is 0 Å². The zero-order valence-corrected chi connectivity index (χ0v) is 15.1. The van der Waals surface area contributed by atoms with Crippen LogP contribution in [0.3, 0.4) is 0 Å². The van der Waals surface area contributed by atoms with E-state index in [0.29, 0.717) is 11.3 Å². The number of amides is 1. The summed E-state index contributed by atoms with van der Waals surface area (Å²) in [6.07, 6.45) is -0.999. The van der Waals surface area contributed by atoms with Crippen molar-refractivity contribution in [1.29, 1.82) is 0 Å². The number of carbonyl (C=O) groups is 3. The predicted octanol–water partition coefficient (Wildman–Crippen LogP) is 2.76. The summed E-state index contributed by atoms with van der Waals surface area (Å²) in [5.41, 5.74) is 0.830. The molecule has 0 saturated carbocycles. The Morgan fingerprint density at radius 3 is 2.39 bits per heavy atom. The molecule has 1 amide bonds. The SMILES string of the molecule is C[C@H](OC(=O)[C@@H]1CC(=O)N(c2ccc([N+](=O)[O-])cc2)C1)C(=O)c1ccccc1. The number of hydrogen-bond donors (Lipinski definition) is 0. The summed E-state index contributed by atoms with van der Waals surface area (Å²) in [4.78, 5) is 48.6. The van der Waals surface area contributed by atoms with E-state index in [9.17, 15) is 24.5 Å². The zero-order valence-electron chi connectivity index (χ0n) is 15.1. The van der Waals surface area contributed by atoms with Gasteiger partial charge in [0, 0.05) is 36.3 Å². The van der Waals surface area contributed by atoms with E-state index in [1.165, 1.54) is 36.1 Å². The molecule has 0 radical (unpaired) electrons. The van der Waals surface area contributed by atoms with Crippen molar-refractivity contribution in [3.05, 3.63) is 70.3 Å². The van der Waals surface area contributed by atoms with Gasteiger partial charge in [-0.3, -0.25) is 24.5 Å². The van der Waals surface area contributed by atoms with Crippen LogP contribution in [0.4, 0.5) is 11.4 Å². The highest BCUT2D eigenvalue weighted by Gasteiger charge is 2.37. The molecule has 0 aliphatic carbocycles. The van der Waals surface area contributed by atoms with Gasteiger partial charge in [0.1, 0.15) is 0 Å². The fourth-order valence-corrected chi connectivity index (χ4v) is 3.03. The van der Waals surface area contributed by atoms with Gasteiger partial charge in [0.15, 0.2) is 6.10 Å². The molecule has 8 heteroatoms. The first kappa shape index (κ1) is 19.2. The van der Waals surface area contributed by atoms with Crippen molar-refractivity contribution < 1.29 is 24.0 Å². The van der Waals surface area contributed by atoms with Crippen molar-refractivity contribution in [1.82, 2.24) is 0 Å². The predicted molar refractivity (Wildman–Crippen MR) is 99.9 cm³/mol. The smallest absolute Gasteiger partial charge is 0.312 e. The summed E-state index contributed by atoms with van der Waals surface area (Å²) in [5, 5.41) is 10.7. The second kappa shape index (κ2) is 7.99. The standard InChI is InChI=1S/C20H18N2O6/c1-13(19(24)14-5-3-2-4-6-14)28-20(25)15-11-18(23)21(12-15)16-7-9-17(10-8-16)22(26)27/h2-10,13,15H,11-12H2,1H3/t13-,15+/m0/s1. The van der Waals surface area contributed by atoms with Crippen LogP contribution in [0.25, 0.3) is 0 Å². The van der Waals surface area contributed by atoms with E-state index in [4.69, 9.17) is 4.74 Å². The van der Waals surface area contributed by atoms with E-state index < -0.39 is 22.9 Å². The van der Waals surface area contributed by atoms with Crippen LogP contribution in [0, 0.1) is 16.0 Å². The summed E-state index contributed by atoms with van der Waals surface area (Å²) in [5.74, 6) is -1.91. The number of anilines is 1. The third kappa shape index (κ3) is 4.06. The van der Waals surface area contributed by atoms with Gasteiger partial charge in [-0.2, -0.15) is 0 Å². The maximum Gasteiger partial charge on any atom is 0.312 e. The Balaban J connectivity index is 1.63. The first-order valence-corrected chi connectivity index (χ1v) is 8.71. The second-order valence-electron chi connectivity index (χ2n) is 6.49. The number of carbonyl (C=O) groups excluding carboxylic acids is 3. The van der Waals surface area contributed by atoms with Gasteiger partial charge in [0.2, 0.25) is 11.7 Å². The van der Waals surface area contributed by atoms with Crippen LogP contribution in [0.5, 0.6) is 0 Å². The molecular weight excluding hydrogens is 364 g/mol. The molecule has 0 bridgehead atoms. The molecule has 2 aromatic rings. The topological polar surface area (TPSA) is 107 Å². The minimum absolute atomic E-state index is 0.0396. The maximum absolute atomic E-state index is 12.4. The van der Waals surface area contributed by atoms with Crippen molar-refractivity contribution in [3.8, 4) is 0 Å². The molecule has 0 N–H and O–H groups in total. The summed E-state index contributed by atoms with van der Waals surface area (Å²) >= 11 is 0. The average Bonchev–Trinajstić information content (AvgIpc) is 3.10. The lowest BCUT2D eigenvalue weighted by Crippen LogP contribution is -2.30. The van der Waals surface area contributed by atoms with E-state index in [-0.39, 0.29) is 30.3 Å². The second-order valence-corrected chi connectivity index (χ2v) is 6.49. The Kier molecular flexibility index (Phi) is 5.49. The van der Waals surface area contributed by atoms with E-state index in [1.807, 2.05) is 0 Å². The van der Waals surface area contributed by atoms with E-state index in [1.54, 1.807) is 30.3 Å². The normalized spacial score (nSPS) is 17.2. The minimum atomic E-state index is -0.960. The highest BCUT2D eigenvalue weighted by atomic mass is 16.6. The first-order valence-electron chi connectivity index (χ1n) is 8.71. The molecular formula is C20H18N2O6.